The van der Waals surface area contributed by atoms with E-state index in [1.807, 2.05) is 6.92 Å². The molecule has 68 valence electrons. The fourth-order valence-corrected chi connectivity index (χ4v) is 1.83. The second kappa shape index (κ2) is 5.48. The molecule has 1 aromatic rings. The summed E-state index contributed by atoms with van der Waals surface area (Å²) in [5.41, 5.74) is 0. The molecule has 1 heterocycles. The van der Waals surface area contributed by atoms with Gasteiger partial charge in [0.05, 0.1) is 0 Å². The van der Waals surface area contributed by atoms with Crippen molar-refractivity contribution in [1.82, 2.24) is 15.2 Å². The lowest BCUT2D eigenvalue weighted by Crippen LogP contribution is -1.83. The molecule has 0 aliphatic heterocycles. The van der Waals surface area contributed by atoms with Crippen LogP contribution in [0.1, 0.15) is 18.7 Å². The number of rotatable bonds is 5. The van der Waals surface area contributed by atoms with E-state index < -0.39 is 0 Å². The predicted octanol–water partition coefficient (Wildman–Crippen LogP) is 1.92. The van der Waals surface area contributed by atoms with Crippen molar-refractivity contribution in [2.75, 3.05) is 11.5 Å². The van der Waals surface area contributed by atoms with Crippen LogP contribution in [0.25, 0.3) is 0 Å². The zero-order valence-corrected chi connectivity index (χ0v) is 8.79. The molecule has 0 radical (unpaired) electrons. The molecule has 0 spiro atoms. The molecule has 0 atom stereocenters. The minimum absolute atomic E-state index is 0.853. The Morgan fingerprint density at radius 2 is 2.33 bits per heavy atom. The van der Waals surface area contributed by atoms with Crippen LogP contribution < -0.4 is 0 Å². The molecule has 0 aliphatic rings. The third-order valence-electron chi connectivity index (χ3n) is 1.36. The van der Waals surface area contributed by atoms with Crippen LogP contribution in [0.5, 0.6) is 0 Å². The Morgan fingerprint density at radius 1 is 1.50 bits per heavy atom. The Balaban J connectivity index is 2.15. The van der Waals surface area contributed by atoms with Gasteiger partial charge in [0.25, 0.3) is 0 Å². The van der Waals surface area contributed by atoms with Crippen molar-refractivity contribution in [3.63, 3.8) is 0 Å². The highest BCUT2D eigenvalue weighted by molar-refractivity contribution is 7.99. The average molecular weight is 203 g/mol. The molecular formula is C7H13N3S2. The lowest BCUT2D eigenvalue weighted by Gasteiger charge is -1.93. The van der Waals surface area contributed by atoms with Gasteiger partial charge in [-0.05, 0) is 25.5 Å². The highest BCUT2D eigenvalue weighted by atomic mass is 32.2. The third kappa shape index (κ3) is 3.49. The number of thioether (sulfide) groups is 1. The van der Waals surface area contributed by atoms with Crippen molar-refractivity contribution in [3.8, 4) is 0 Å². The SMILES string of the molecule is Cc1nc(SCCCCS)n[nH]1. The maximum absolute atomic E-state index is 4.19. The highest BCUT2D eigenvalue weighted by Crippen LogP contribution is 2.13. The predicted molar refractivity (Wildman–Crippen MR) is 54.9 cm³/mol. The van der Waals surface area contributed by atoms with Crippen LogP contribution in [-0.4, -0.2) is 26.7 Å². The minimum Gasteiger partial charge on any atom is -0.262 e. The zero-order chi connectivity index (χ0) is 8.81. The van der Waals surface area contributed by atoms with Crippen LogP contribution in [0, 0.1) is 6.92 Å². The molecule has 0 amide bonds. The summed E-state index contributed by atoms with van der Waals surface area (Å²) in [5.74, 6) is 2.93. The van der Waals surface area contributed by atoms with Crippen molar-refractivity contribution in [2.45, 2.75) is 24.9 Å². The lowest BCUT2D eigenvalue weighted by atomic mass is 10.4. The largest absolute Gasteiger partial charge is 0.262 e. The van der Waals surface area contributed by atoms with Crippen molar-refractivity contribution in [2.24, 2.45) is 0 Å². The highest BCUT2D eigenvalue weighted by Gasteiger charge is 1.98. The van der Waals surface area contributed by atoms with Gasteiger partial charge in [-0.15, -0.1) is 5.10 Å². The first-order valence-corrected chi connectivity index (χ1v) is 5.57. The van der Waals surface area contributed by atoms with Crippen molar-refractivity contribution >= 4 is 24.4 Å². The van der Waals surface area contributed by atoms with E-state index in [0.717, 1.165) is 22.5 Å². The Labute approximate surface area is 82.2 Å². The van der Waals surface area contributed by atoms with Crippen molar-refractivity contribution in [1.29, 1.82) is 0 Å². The molecule has 1 rings (SSSR count). The van der Waals surface area contributed by atoms with Crippen molar-refractivity contribution in [3.05, 3.63) is 5.82 Å². The quantitative estimate of drug-likeness (QED) is 0.436. The Hall–Kier alpha value is -0.160. The summed E-state index contributed by atoms with van der Waals surface area (Å²) in [6.45, 7) is 1.91. The third-order valence-corrected chi connectivity index (χ3v) is 2.61. The molecule has 0 aromatic carbocycles. The van der Waals surface area contributed by atoms with Crippen LogP contribution in [0.4, 0.5) is 0 Å². The van der Waals surface area contributed by atoms with Gasteiger partial charge in [-0.1, -0.05) is 11.8 Å². The van der Waals surface area contributed by atoms with E-state index in [1.54, 1.807) is 11.8 Å². The number of aromatic amines is 1. The number of thiol groups is 1. The molecule has 0 bridgehead atoms. The van der Waals surface area contributed by atoms with Gasteiger partial charge in [-0.25, -0.2) is 4.98 Å². The van der Waals surface area contributed by atoms with E-state index in [1.165, 1.54) is 12.8 Å². The molecule has 12 heavy (non-hydrogen) atoms. The maximum Gasteiger partial charge on any atom is 0.208 e. The summed E-state index contributed by atoms with van der Waals surface area (Å²) in [6, 6.07) is 0. The zero-order valence-electron chi connectivity index (χ0n) is 7.08. The average Bonchev–Trinajstić information content (AvgIpc) is 2.45. The van der Waals surface area contributed by atoms with Crippen LogP contribution in [-0.2, 0) is 0 Å². The van der Waals surface area contributed by atoms with Gasteiger partial charge in [0.1, 0.15) is 5.82 Å². The van der Waals surface area contributed by atoms with E-state index in [2.05, 4.69) is 27.8 Å². The molecule has 1 aromatic heterocycles. The minimum atomic E-state index is 0.853. The van der Waals surface area contributed by atoms with Gasteiger partial charge >= 0.3 is 0 Å². The van der Waals surface area contributed by atoms with Gasteiger partial charge in [-0.2, -0.15) is 12.6 Å². The van der Waals surface area contributed by atoms with Gasteiger partial charge in [0.2, 0.25) is 5.16 Å². The smallest absolute Gasteiger partial charge is 0.208 e. The maximum atomic E-state index is 4.19. The summed E-state index contributed by atoms with van der Waals surface area (Å²) in [5, 5.41) is 7.69. The molecule has 0 aliphatic carbocycles. The monoisotopic (exact) mass is 203 g/mol. The summed E-state index contributed by atoms with van der Waals surface area (Å²) >= 11 is 5.83. The first kappa shape index (κ1) is 9.92. The van der Waals surface area contributed by atoms with Gasteiger partial charge in [0.15, 0.2) is 0 Å². The Morgan fingerprint density at radius 3 is 2.92 bits per heavy atom. The van der Waals surface area contributed by atoms with Crippen LogP contribution >= 0.6 is 24.4 Å². The number of H-pyrrole nitrogens is 1. The molecule has 1 N–H and O–H groups in total. The van der Waals surface area contributed by atoms with Gasteiger partial charge < -0.3 is 0 Å². The number of aryl methyl sites for hydroxylation is 1. The molecule has 0 unspecified atom stereocenters. The van der Waals surface area contributed by atoms with Crippen molar-refractivity contribution < 1.29 is 0 Å². The number of hydrogen-bond donors (Lipinski definition) is 2. The van der Waals surface area contributed by atoms with Gasteiger partial charge in [-0.3, -0.25) is 5.10 Å². The number of hydrogen-bond acceptors (Lipinski definition) is 4. The van der Waals surface area contributed by atoms with Crippen LogP contribution in [0.3, 0.4) is 0 Å². The Bertz CT molecular complexity index is 224. The standard InChI is InChI=1S/C7H13N3S2/c1-6-8-7(10-9-6)12-5-3-2-4-11/h11H,2-5H2,1H3,(H,8,9,10). The molecule has 3 nitrogen and oxygen atoms in total. The van der Waals surface area contributed by atoms with Crippen LogP contribution in [0.2, 0.25) is 0 Å². The summed E-state index contributed by atoms with van der Waals surface area (Å²) in [6.07, 6.45) is 2.35. The van der Waals surface area contributed by atoms with E-state index in [0.29, 0.717) is 0 Å². The fourth-order valence-electron chi connectivity index (χ4n) is 0.764. The second-order valence-corrected chi connectivity index (χ2v) is 3.99. The topological polar surface area (TPSA) is 41.6 Å². The Kier molecular flexibility index (Phi) is 4.53. The number of aromatic nitrogens is 3. The summed E-state index contributed by atoms with van der Waals surface area (Å²) < 4.78 is 0. The van der Waals surface area contributed by atoms with E-state index in [4.69, 9.17) is 0 Å². The molecule has 0 saturated carbocycles. The number of nitrogens with one attached hydrogen (secondary N) is 1. The lowest BCUT2D eigenvalue weighted by molar-refractivity contribution is 0.901. The first-order valence-electron chi connectivity index (χ1n) is 3.95. The second-order valence-electron chi connectivity index (χ2n) is 2.48. The molecular weight excluding hydrogens is 190 g/mol. The first-order chi connectivity index (χ1) is 5.83. The molecule has 0 fully saturated rings. The fraction of sp³-hybridized carbons (Fsp3) is 0.714. The van der Waals surface area contributed by atoms with E-state index in [9.17, 15) is 0 Å². The van der Waals surface area contributed by atoms with Gasteiger partial charge in [0, 0.05) is 5.75 Å². The number of unbranched alkanes of at least 4 members (excludes halogenated alkanes) is 1. The van der Waals surface area contributed by atoms with Crippen LogP contribution in [0.15, 0.2) is 5.16 Å². The number of nitrogens with zero attached hydrogens (tertiary/aromatic N) is 2. The summed E-state index contributed by atoms with van der Waals surface area (Å²) in [4.78, 5) is 4.19. The normalized spacial score (nSPS) is 10.5. The summed E-state index contributed by atoms with van der Waals surface area (Å²) in [7, 11) is 0. The molecule has 0 saturated heterocycles. The van der Waals surface area contributed by atoms with E-state index in [-0.39, 0.29) is 0 Å². The van der Waals surface area contributed by atoms with E-state index >= 15 is 0 Å². The molecule has 5 heteroatoms.